The van der Waals surface area contributed by atoms with Crippen molar-refractivity contribution < 1.29 is 9.18 Å². The quantitative estimate of drug-likeness (QED) is 0.802. The largest absolute Gasteiger partial charge is 0.346 e. The number of hydrogen-bond acceptors (Lipinski definition) is 2. The summed E-state index contributed by atoms with van der Waals surface area (Å²) in [7, 11) is 0. The van der Waals surface area contributed by atoms with Crippen molar-refractivity contribution in [2.24, 2.45) is 0 Å². The molecule has 1 unspecified atom stereocenters. The number of hydrogen-bond donors (Lipinski definition) is 2. The Hall–Kier alpha value is -1.68. The van der Waals surface area contributed by atoms with Gasteiger partial charge >= 0.3 is 0 Å². The van der Waals surface area contributed by atoms with Crippen molar-refractivity contribution in [3.05, 3.63) is 46.8 Å². The molecule has 1 fully saturated rings. The molecule has 1 aliphatic rings. The molecule has 96 valence electrons. The molecule has 1 atom stereocenters. The second kappa shape index (κ2) is 5.31. The molecule has 1 aliphatic heterocycles. The van der Waals surface area contributed by atoms with Crippen LogP contribution in [0, 0.1) is 5.82 Å². The highest BCUT2D eigenvalue weighted by molar-refractivity contribution is 5.94. The molecule has 0 aliphatic carbocycles. The molecular weight excluding hydrogens is 231 g/mol. The monoisotopic (exact) mass is 248 g/mol. The van der Waals surface area contributed by atoms with Crippen LogP contribution in [0.5, 0.6) is 0 Å². The molecule has 1 amide bonds. The van der Waals surface area contributed by atoms with Crippen LogP contribution in [-0.4, -0.2) is 19.0 Å². The highest BCUT2D eigenvalue weighted by Crippen LogP contribution is 2.17. The number of halogens is 1. The average Bonchev–Trinajstić information content (AvgIpc) is 2.26. The molecule has 0 aromatic heterocycles. The fraction of sp³-hybridized carbons (Fsp3) is 0.357. The van der Waals surface area contributed by atoms with E-state index in [-0.39, 0.29) is 17.8 Å². The molecule has 0 radical (unpaired) electrons. The molecule has 2 N–H and O–H groups in total. The average molecular weight is 248 g/mol. The Labute approximate surface area is 106 Å². The van der Waals surface area contributed by atoms with Crippen molar-refractivity contribution in [3.63, 3.8) is 0 Å². The van der Waals surface area contributed by atoms with Crippen molar-refractivity contribution in [2.45, 2.75) is 19.9 Å². The van der Waals surface area contributed by atoms with Gasteiger partial charge in [0.2, 0.25) is 5.91 Å². The summed E-state index contributed by atoms with van der Waals surface area (Å²) in [4.78, 5) is 12.0. The van der Waals surface area contributed by atoms with Crippen LogP contribution >= 0.6 is 0 Å². The van der Waals surface area contributed by atoms with Crippen LogP contribution in [0.2, 0.25) is 0 Å². The van der Waals surface area contributed by atoms with Crippen LogP contribution < -0.4 is 10.6 Å². The summed E-state index contributed by atoms with van der Waals surface area (Å²) in [5.74, 6) is -0.414. The van der Waals surface area contributed by atoms with E-state index >= 15 is 0 Å². The maximum atomic E-state index is 13.6. The van der Waals surface area contributed by atoms with Crippen LogP contribution in [0.1, 0.15) is 25.5 Å². The summed E-state index contributed by atoms with van der Waals surface area (Å²) in [5, 5.41) is 5.91. The summed E-state index contributed by atoms with van der Waals surface area (Å²) < 4.78 is 13.6. The summed E-state index contributed by atoms with van der Waals surface area (Å²) in [5.41, 5.74) is 2.36. The molecule has 1 saturated heterocycles. The van der Waals surface area contributed by atoms with Gasteiger partial charge in [0.05, 0.1) is 6.04 Å². The minimum absolute atomic E-state index is 0.123. The predicted molar refractivity (Wildman–Crippen MR) is 68.5 cm³/mol. The SMILES string of the molecule is CC(C(=O)NC(C)c1ccccc1F)=C1CNC1. The maximum Gasteiger partial charge on any atom is 0.247 e. The number of carbonyl (C=O) groups is 1. The predicted octanol–water partition coefficient (Wildman–Crippen LogP) is 1.92. The Balaban J connectivity index is 2.06. The van der Waals surface area contributed by atoms with Crippen LogP contribution in [0.15, 0.2) is 35.4 Å². The van der Waals surface area contributed by atoms with Gasteiger partial charge in [-0.3, -0.25) is 4.79 Å². The highest BCUT2D eigenvalue weighted by atomic mass is 19.1. The van der Waals surface area contributed by atoms with Crippen LogP contribution in [0.25, 0.3) is 0 Å². The van der Waals surface area contributed by atoms with Gasteiger partial charge in [0.25, 0.3) is 0 Å². The highest BCUT2D eigenvalue weighted by Gasteiger charge is 2.18. The van der Waals surface area contributed by atoms with Gasteiger partial charge in [0, 0.05) is 24.2 Å². The van der Waals surface area contributed by atoms with Gasteiger partial charge in [0.15, 0.2) is 0 Å². The second-order valence-electron chi connectivity index (χ2n) is 4.55. The van der Waals surface area contributed by atoms with Crippen molar-refractivity contribution in [2.75, 3.05) is 13.1 Å². The first-order valence-electron chi connectivity index (χ1n) is 6.04. The van der Waals surface area contributed by atoms with E-state index in [0.29, 0.717) is 5.56 Å². The van der Waals surface area contributed by atoms with Gasteiger partial charge in [0.1, 0.15) is 5.82 Å². The zero-order valence-electron chi connectivity index (χ0n) is 10.6. The van der Waals surface area contributed by atoms with E-state index in [1.807, 2.05) is 0 Å². The molecule has 3 nitrogen and oxygen atoms in total. The third-order valence-electron chi connectivity index (χ3n) is 3.27. The number of nitrogens with one attached hydrogen (secondary N) is 2. The van der Waals surface area contributed by atoms with Gasteiger partial charge in [-0.2, -0.15) is 0 Å². The molecule has 0 saturated carbocycles. The molecule has 2 rings (SSSR count). The first-order chi connectivity index (χ1) is 8.59. The first kappa shape index (κ1) is 12.8. The minimum Gasteiger partial charge on any atom is -0.346 e. The Morgan fingerprint density at radius 2 is 2.06 bits per heavy atom. The number of amides is 1. The van der Waals surface area contributed by atoms with E-state index in [1.165, 1.54) is 6.07 Å². The standard InChI is InChI=1S/C14H17FN2O/c1-9(11-7-16-8-11)14(18)17-10(2)12-5-3-4-6-13(12)15/h3-6,10,16H,7-8H2,1-2H3,(H,17,18). The molecule has 1 aromatic rings. The topological polar surface area (TPSA) is 41.1 Å². The zero-order valence-corrected chi connectivity index (χ0v) is 10.6. The van der Waals surface area contributed by atoms with Gasteiger partial charge < -0.3 is 10.6 Å². The maximum absolute atomic E-state index is 13.6. The van der Waals surface area contributed by atoms with Gasteiger partial charge in [-0.1, -0.05) is 18.2 Å². The third-order valence-corrected chi connectivity index (χ3v) is 3.27. The van der Waals surface area contributed by atoms with E-state index in [1.54, 1.807) is 32.0 Å². The fourth-order valence-corrected chi connectivity index (χ4v) is 1.88. The lowest BCUT2D eigenvalue weighted by Gasteiger charge is -2.23. The molecule has 18 heavy (non-hydrogen) atoms. The molecule has 0 bridgehead atoms. The Morgan fingerprint density at radius 3 is 2.61 bits per heavy atom. The molecule has 0 spiro atoms. The lowest BCUT2D eigenvalue weighted by atomic mass is 10.0. The molecule has 1 heterocycles. The first-order valence-corrected chi connectivity index (χ1v) is 6.04. The van der Waals surface area contributed by atoms with Gasteiger partial charge in [-0.25, -0.2) is 4.39 Å². The Bertz CT molecular complexity index is 490. The zero-order chi connectivity index (χ0) is 13.1. The number of benzene rings is 1. The minimum atomic E-state index is -0.331. The van der Waals surface area contributed by atoms with Crippen molar-refractivity contribution in [1.29, 1.82) is 0 Å². The number of rotatable bonds is 3. The van der Waals surface area contributed by atoms with Crippen molar-refractivity contribution >= 4 is 5.91 Å². The number of carbonyl (C=O) groups excluding carboxylic acids is 1. The summed E-state index contributed by atoms with van der Waals surface area (Å²) in [6, 6.07) is 6.16. The van der Waals surface area contributed by atoms with E-state index in [2.05, 4.69) is 10.6 Å². The van der Waals surface area contributed by atoms with E-state index < -0.39 is 0 Å². The van der Waals surface area contributed by atoms with Crippen LogP contribution in [0.4, 0.5) is 4.39 Å². The summed E-state index contributed by atoms with van der Waals surface area (Å²) in [6.45, 7) is 5.13. The lowest BCUT2D eigenvalue weighted by Crippen LogP contribution is -2.38. The van der Waals surface area contributed by atoms with Crippen LogP contribution in [0.3, 0.4) is 0 Å². The molecular formula is C14H17FN2O. The van der Waals surface area contributed by atoms with Crippen molar-refractivity contribution in [1.82, 2.24) is 10.6 Å². The molecule has 1 aromatic carbocycles. The van der Waals surface area contributed by atoms with Crippen LogP contribution in [-0.2, 0) is 4.79 Å². The Morgan fingerprint density at radius 1 is 1.39 bits per heavy atom. The van der Waals surface area contributed by atoms with E-state index in [0.717, 1.165) is 24.2 Å². The van der Waals surface area contributed by atoms with E-state index in [9.17, 15) is 9.18 Å². The summed E-state index contributed by atoms with van der Waals surface area (Å²) in [6.07, 6.45) is 0. The van der Waals surface area contributed by atoms with Crippen molar-refractivity contribution in [3.8, 4) is 0 Å². The Kier molecular flexibility index (Phi) is 3.77. The fourth-order valence-electron chi connectivity index (χ4n) is 1.88. The van der Waals surface area contributed by atoms with Gasteiger partial charge in [-0.15, -0.1) is 0 Å². The normalized spacial score (nSPS) is 15.8. The lowest BCUT2D eigenvalue weighted by molar-refractivity contribution is -0.118. The smallest absolute Gasteiger partial charge is 0.247 e. The third kappa shape index (κ3) is 2.59. The van der Waals surface area contributed by atoms with E-state index in [4.69, 9.17) is 0 Å². The van der Waals surface area contributed by atoms with Gasteiger partial charge in [-0.05, 0) is 25.5 Å². The molecule has 4 heteroatoms. The second-order valence-corrected chi connectivity index (χ2v) is 4.55. The summed E-state index contributed by atoms with van der Waals surface area (Å²) >= 11 is 0.